The molecule has 0 aliphatic carbocycles. The van der Waals surface area contributed by atoms with Crippen LogP contribution in [0.25, 0.3) is 0 Å². The van der Waals surface area contributed by atoms with E-state index < -0.39 is 0 Å². The van der Waals surface area contributed by atoms with E-state index in [2.05, 4.69) is 12.2 Å². The van der Waals surface area contributed by atoms with E-state index in [1.165, 1.54) is 15.9 Å². The molecule has 0 saturated heterocycles. The Labute approximate surface area is 88.2 Å². The van der Waals surface area contributed by atoms with Gasteiger partial charge in [-0.3, -0.25) is 0 Å². The Kier molecular flexibility index (Phi) is 2.40. The molecule has 0 aromatic heterocycles. The Morgan fingerprint density at radius 3 is 3.00 bits per heavy atom. The molecule has 0 amide bonds. The molecule has 1 aliphatic rings. The van der Waals surface area contributed by atoms with Gasteiger partial charge in [0.2, 0.25) is 0 Å². The van der Waals surface area contributed by atoms with E-state index in [1.54, 1.807) is 0 Å². The molecule has 73 valence electrons. The second-order valence-electron chi connectivity index (χ2n) is 3.03. The predicted octanol–water partition coefficient (Wildman–Crippen LogP) is 0.517. The van der Waals surface area contributed by atoms with E-state index in [0.29, 0.717) is 20.3 Å². The Morgan fingerprint density at radius 1 is 1.50 bits per heavy atom. The molecule has 1 heterocycles. The van der Waals surface area contributed by atoms with Gasteiger partial charge in [-0.15, -0.1) is 0 Å². The Morgan fingerprint density at radius 2 is 2.29 bits per heavy atom. The van der Waals surface area contributed by atoms with Crippen molar-refractivity contribution in [2.45, 2.75) is 13.8 Å². The number of carbonyl (C=O) groups excluding carboxylic acids is 1. The monoisotopic (exact) mass is 256 g/mol. The number of esters is 1. The van der Waals surface area contributed by atoms with E-state index in [9.17, 15) is 4.79 Å². The van der Waals surface area contributed by atoms with Crippen molar-refractivity contribution < 1.29 is 9.53 Å². The Bertz CT molecular complexity index is 426. The second kappa shape index (κ2) is 3.56. The van der Waals surface area contributed by atoms with E-state index in [1.807, 2.05) is 18.2 Å². The van der Waals surface area contributed by atoms with Crippen molar-refractivity contribution in [2.75, 3.05) is 5.32 Å². The van der Waals surface area contributed by atoms with Gasteiger partial charge in [-0.1, -0.05) is 0 Å². The summed E-state index contributed by atoms with van der Waals surface area (Å²) in [5, 5.41) is 3.26. The zero-order valence-electron chi connectivity index (χ0n) is 7.96. The fraction of sp³-hybridized carbons (Fsp3) is 0.200. The van der Waals surface area contributed by atoms with Crippen LogP contribution in [0.3, 0.4) is 0 Å². The first-order valence-corrected chi connectivity index (χ1v) is 5.97. The average molecular weight is 255 g/mol. The molecule has 0 unspecified atom stereocenters. The molecule has 14 heavy (non-hydrogen) atoms. The van der Waals surface area contributed by atoms with Gasteiger partial charge in [-0.2, -0.15) is 0 Å². The fourth-order valence-electron chi connectivity index (χ4n) is 1.31. The molecule has 0 fully saturated rings. The third-order valence-corrected chi connectivity index (χ3v) is 3.85. The molecule has 0 saturated carbocycles. The van der Waals surface area contributed by atoms with Crippen LogP contribution in [0.15, 0.2) is 18.2 Å². The van der Waals surface area contributed by atoms with E-state index in [0.717, 1.165) is 5.69 Å². The molecule has 1 N–H and O–H groups in total. The van der Waals surface area contributed by atoms with Crippen molar-refractivity contribution in [1.29, 1.82) is 0 Å². The number of anilines is 1. The average Bonchev–Trinajstić information content (AvgIpc) is 2.42. The van der Waals surface area contributed by atoms with Gasteiger partial charge in [0.05, 0.1) is 0 Å². The van der Waals surface area contributed by atoms with E-state index >= 15 is 0 Å². The zero-order chi connectivity index (χ0) is 10.1. The zero-order valence-corrected chi connectivity index (χ0v) is 9.67. The number of nitrogens with one attached hydrogen (secondary N) is 1. The summed E-state index contributed by atoms with van der Waals surface area (Å²) in [5.41, 5.74) is 1.07. The van der Waals surface area contributed by atoms with Crippen molar-refractivity contribution in [2.24, 2.45) is 0 Å². The maximum absolute atomic E-state index is 10.7. The van der Waals surface area contributed by atoms with Crippen molar-refractivity contribution in [3.63, 3.8) is 0 Å². The summed E-state index contributed by atoms with van der Waals surface area (Å²) in [6.45, 7) is 3.48. The van der Waals surface area contributed by atoms with Crippen LogP contribution in [0, 0.1) is 0 Å². The number of carbonyl (C=O) groups is 1. The summed E-state index contributed by atoms with van der Waals surface area (Å²) in [4.78, 5) is 10.7. The van der Waals surface area contributed by atoms with Gasteiger partial charge in [0, 0.05) is 0 Å². The third kappa shape index (κ3) is 1.86. The molecular weight excluding hydrogens is 245 g/mol. The number of hydrogen-bond donors (Lipinski definition) is 1. The van der Waals surface area contributed by atoms with Crippen LogP contribution >= 0.6 is 0 Å². The van der Waals surface area contributed by atoms with Gasteiger partial charge >= 0.3 is 87.8 Å². The van der Waals surface area contributed by atoms with Crippen LogP contribution < -0.4 is 14.5 Å². The van der Waals surface area contributed by atoms with Gasteiger partial charge < -0.3 is 0 Å². The molecule has 0 spiro atoms. The van der Waals surface area contributed by atoms with Gasteiger partial charge in [-0.25, -0.2) is 0 Å². The molecule has 4 heteroatoms. The molecule has 1 aliphatic heterocycles. The summed E-state index contributed by atoms with van der Waals surface area (Å²) < 4.78 is 7.59. The third-order valence-electron chi connectivity index (χ3n) is 1.79. The SMILES string of the molecule is CC(=O)Oc1ccc2c(c1)NC(C)=[Se]2. The minimum absolute atomic E-state index is 0.283. The first-order valence-electron chi connectivity index (χ1n) is 4.26. The molecule has 1 aromatic rings. The van der Waals surface area contributed by atoms with Crippen molar-refractivity contribution in [1.82, 2.24) is 0 Å². The van der Waals surface area contributed by atoms with Gasteiger partial charge in [0.15, 0.2) is 0 Å². The first kappa shape index (κ1) is 9.44. The number of hydrogen-bond acceptors (Lipinski definition) is 3. The molecule has 0 atom stereocenters. The summed E-state index contributed by atoms with van der Waals surface area (Å²) in [7, 11) is 0. The molecular formula is C10H10NO2Se. The van der Waals surface area contributed by atoms with Crippen LogP contribution in [-0.4, -0.2) is 25.0 Å². The number of fused-ring (bicyclic) bond motifs is 1. The topological polar surface area (TPSA) is 38.3 Å². The number of ether oxygens (including phenoxy) is 1. The van der Waals surface area contributed by atoms with Crippen molar-refractivity contribution >= 4 is 35.2 Å². The predicted molar refractivity (Wildman–Crippen MR) is 57.4 cm³/mol. The molecule has 0 bridgehead atoms. The van der Waals surface area contributed by atoms with Crippen LogP contribution in [0.1, 0.15) is 13.8 Å². The molecule has 3 nitrogen and oxygen atoms in total. The van der Waals surface area contributed by atoms with E-state index in [-0.39, 0.29) is 5.97 Å². The maximum atomic E-state index is 10.7. The quantitative estimate of drug-likeness (QED) is 0.451. The number of benzene rings is 1. The molecule has 1 aromatic carbocycles. The fourth-order valence-corrected chi connectivity index (χ4v) is 3.08. The summed E-state index contributed by atoms with van der Waals surface area (Å²) >= 11 is 0.407. The van der Waals surface area contributed by atoms with Crippen LogP contribution in [-0.2, 0) is 4.79 Å². The summed E-state index contributed by atoms with van der Waals surface area (Å²) in [6.07, 6.45) is 0. The van der Waals surface area contributed by atoms with Crippen LogP contribution in [0.2, 0.25) is 0 Å². The minimum atomic E-state index is -0.283. The summed E-state index contributed by atoms with van der Waals surface area (Å²) in [5.74, 6) is 0.323. The Balaban J connectivity index is 2.28. The van der Waals surface area contributed by atoms with Crippen molar-refractivity contribution in [3.05, 3.63) is 18.2 Å². The Hall–Kier alpha value is -1.12. The van der Waals surface area contributed by atoms with Crippen LogP contribution in [0.4, 0.5) is 5.69 Å². The first-order chi connectivity index (χ1) is 6.65. The molecule has 2 rings (SSSR count). The standard InChI is InChI=1S/C10H10NO2Se/c1-6-11-9-5-8(13-7(2)12)3-4-10(9)14-6/h3-5,11H,1-2H3. The van der Waals surface area contributed by atoms with E-state index in [4.69, 9.17) is 4.74 Å². The normalized spacial score (nSPS) is 12.9. The summed E-state index contributed by atoms with van der Waals surface area (Å²) in [6, 6.07) is 5.72. The second-order valence-corrected chi connectivity index (χ2v) is 5.67. The molecule has 1 radical (unpaired) electrons. The van der Waals surface area contributed by atoms with Gasteiger partial charge in [0.25, 0.3) is 0 Å². The number of rotatable bonds is 1. The van der Waals surface area contributed by atoms with Gasteiger partial charge in [-0.05, 0) is 0 Å². The van der Waals surface area contributed by atoms with Crippen LogP contribution in [0.5, 0.6) is 5.75 Å². The van der Waals surface area contributed by atoms with Crippen molar-refractivity contribution in [3.8, 4) is 5.75 Å². The van der Waals surface area contributed by atoms with Gasteiger partial charge in [0.1, 0.15) is 0 Å².